The molecule has 0 aromatic carbocycles. The van der Waals surface area contributed by atoms with Gasteiger partial charge in [0.1, 0.15) is 17.3 Å². The van der Waals surface area contributed by atoms with E-state index < -0.39 is 12.8 Å². The molecule has 1 aromatic rings. The number of nitrogens with one attached hydrogen (secondary N) is 1. The number of ether oxygens (including phenoxy) is 1. The number of nitrogens with zero attached hydrogens (tertiary/aromatic N) is 2. The SMILES string of the molecule is CCNc1snnc1COCC(F)(F)F. The second-order valence-corrected chi connectivity index (χ2v) is 3.44. The van der Waals surface area contributed by atoms with E-state index in [0.29, 0.717) is 17.2 Å². The predicted molar refractivity (Wildman–Crippen MR) is 49.8 cm³/mol. The van der Waals surface area contributed by atoms with Crippen molar-refractivity contribution in [2.45, 2.75) is 19.7 Å². The number of aromatic nitrogens is 2. The Balaban J connectivity index is 2.40. The van der Waals surface area contributed by atoms with E-state index in [0.717, 1.165) is 11.5 Å². The molecule has 1 N–H and O–H groups in total. The summed E-state index contributed by atoms with van der Waals surface area (Å²) in [4.78, 5) is 0. The van der Waals surface area contributed by atoms with Crippen LogP contribution in [0.15, 0.2) is 0 Å². The summed E-state index contributed by atoms with van der Waals surface area (Å²) in [7, 11) is 0. The maximum atomic E-state index is 11.8. The lowest BCUT2D eigenvalue weighted by molar-refractivity contribution is -0.176. The first-order valence-corrected chi connectivity index (χ1v) is 5.00. The third-order valence-electron chi connectivity index (χ3n) is 1.40. The van der Waals surface area contributed by atoms with Crippen molar-refractivity contribution in [2.75, 3.05) is 18.5 Å². The molecule has 0 fully saturated rings. The molecule has 1 rings (SSSR count). The van der Waals surface area contributed by atoms with E-state index in [2.05, 4.69) is 19.6 Å². The van der Waals surface area contributed by atoms with Gasteiger partial charge in [-0.15, -0.1) is 5.10 Å². The zero-order valence-corrected chi connectivity index (χ0v) is 8.78. The lowest BCUT2D eigenvalue weighted by Crippen LogP contribution is -2.17. The third kappa shape index (κ3) is 4.43. The molecule has 1 aromatic heterocycles. The summed E-state index contributed by atoms with van der Waals surface area (Å²) in [5, 5.41) is 7.26. The van der Waals surface area contributed by atoms with Gasteiger partial charge in [-0.05, 0) is 6.92 Å². The molecule has 15 heavy (non-hydrogen) atoms. The number of hydrogen-bond acceptors (Lipinski definition) is 5. The zero-order chi connectivity index (χ0) is 11.3. The molecule has 0 saturated heterocycles. The van der Waals surface area contributed by atoms with Crippen LogP contribution in [0.25, 0.3) is 0 Å². The molecule has 1 heterocycles. The fraction of sp³-hybridized carbons (Fsp3) is 0.714. The van der Waals surface area contributed by atoms with Gasteiger partial charge in [0.25, 0.3) is 0 Å². The molecular formula is C7H10F3N3OS. The second-order valence-electron chi connectivity index (χ2n) is 2.69. The average molecular weight is 241 g/mol. The molecule has 4 nitrogen and oxygen atoms in total. The predicted octanol–water partition coefficient (Wildman–Crippen LogP) is 2.05. The van der Waals surface area contributed by atoms with Gasteiger partial charge < -0.3 is 10.1 Å². The van der Waals surface area contributed by atoms with Crippen LogP contribution in [0.3, 0.4) is 0 Å². The van der Waals surface area contributed by atoms with Gasteiger partial charge >= 0.3 is 6.18 Å². The van der Waals surface area contributed by atoms with Crippen molar-refractivity contribution in [2.24, 2.45) is 0 Å². The summed E-state index contributed by atoms with van der Waals surface area (Å²) >= 11 is 1.10. The molecular weight excluding hydrogens is 231 g/mol. The van der Waals surface area contributed by atoms with E-state index in [9.17, 15) is 13.2 Å². The Labute approximate surface area is 88.6 Å². The number of halogens is 3. The van der Waals surface area contributed by atoms with Crippen LogP contribution in [0.5, 0.6) is 0 Å². The van der Waals surface area contributed by atoms with Gasteiger partial charge in [-0.3, -0.25) is 0 Å². The molecule has 0 unspecified atom stereocenters. The summed E-state index contributed by atoms with van der Waals surface area (Å²) in [6.45, 7) is 1.09. The van der Waals surface area contributed by atoms with Crippen molar-refractivity contribution < 1.29 is 17.9 Å². The zero-order valence-electron chi connectivity index (χ0n) is 7.97. The Bertz CT molecular complexity index is 302. The quantitative estimate of drug-likeness (QED) is 0.857. The first-order valence-electron chi connectivity index (χ1n) is 4.22. The molecule has 0 saturated carbocycles. The van der Waals surface area contributed by atoms with E-state index in [4.69, 9.17) is 0 Å². The molecule has 0 aliphatic carbocycles. The number of rotatable bonds is 5. The van der Waals surface area contributed by atoms with E-state index in [1.807, 2.05) is 6.92 Å². The molecule has 0 amide bonds. The molecule has 8 heteroatoms. The van der Waals surface area contributed by atoms with Gasteiger partial charge in [0.15, 0.2) is 0 Å². The minimum atomic E-state index is -4.30. The Morgan fingerprint density at radius 1 is 1.47 bits per heavy atom. The molecule has 0 aliphatic heterocycles. The van der Waals surface area contributed by atoms with Gasteiger partial charge in [0, 0.05) is 18.1 Å². The number of anilines is 1. The van der Waals surface area contributed by atoms with E-state index in [1.54, 1.807) is 0 Å². The highest BCUT2D eigenvalue weighted by Crippen LogP contribution is 2.20. The Kier molecular flexibility index (Phi) is 4.28. The topological polar surface area (TPSA) is 47.0 Å². The largest absolute Gasteiger partial charge is 0.411 e. The third-order valence-corrected chi connectivity index (χ3v) is 2.12. The maximum absolute atomic E-state index is 11.8. The molecule has 0 spiro atoms. The van der Waals surface area contributed by atoms with Crippen molar-refractivity contribution in [3.63, 3.8) is 0 Å². The van der Waals surface area contributed by atoms with Gasteiger partial charge in [0.05, 0.1) is 6.61 Å². The molecule has 0 radical (unpaired) electrons. The fourth-order valence-electron chi connectivity index (χ4n) is 0.861. The minimum Gasteiger partial charge on any atom is -0.374 e. The first-order chi connectivity index (χ1) is 7.03. The van der Waals surface area contributed by atoms with Crippen molar-refractivity contribution in [3.8, 4) is 0 Å². The summed E-state index contributed by atoms with van der Waals surface area (Å²) in [5.74, 6) is 0. The normalized spacial score (nSPS) is 11.7. The standard InChI is InChI=1S/C7H10F3N3OS/c1-2-11-6-5(12-13-15-6)3-14-4-7(8,9)10/h11H,2-4H2,1H3. The minimum absolute atomic E-state index is 0.182. The number of hydrogen-bond donors (Lipinski definition) is 1. The maximum Gasteiger partial charge on any atom is 0.411 e. The van der Waals surface area contributed by atoms with Crippen LogP contribution in [0.4, 0.5) is 18.2 Å². The van der Waals surface area contributed by atoms with Gasteiger partial charge in [0.2, 0.25) is 0 Å². The Morgan fingerprint density at radius 2 is 2.20 bits per heavy atom. The summed E-state index contributed by atoms with van der Waals surface area (Å²) in [5.41, 5.74) is 0.408. The number of alkyl halides is 3. The van der Waals surface area contributed by atoms with Crippen molar-refractivity contribution in [3.05, 3.63) is 5.69 Å². The van der Waals surface area contributed by atoms with Crippen LogP contribution in [0, 0.1) is 0 Å². The van der Waals surface area contributed by atoms with Gasteiger partial charge in [-0.2, -0.15) is 13.2 Å². The fourth-order valence-corrected chi connectivity index (χ4v) is 1.50. The van der Waals surface area contributed by atoms with Crippen LogP contribution in [0.2, 0.25) is 0 Å². The van der Waals surface area contributed by atoms with Crippen LogP contribution in [0.1, 0.15) is 12.6 Å². The highest BCUT2D eigenvalue weighted by atomic mass is 32.1. The van der Waals surface area contributed by atoms with Crippen LogP contribution in [-0.2, 0) is 11.3 Å². The van der Waals surface area contributed by atoms with Crippen molar-refractivity contribution in [1.29, 1.82) is 0 Å². The smallest absolute Gasteiger partial charge is 0.374 e. The van der Waals surface area contributed by atoms with Crippen molar-refractivity contribution in [1.82, 2.24) is 9.59 Å². The Hall–Kier alpha value is -0.890. The second kappa shape index (κ2) is 5.26. The first kappa shape index (κ1) is 12.2. The molecule has 0 bridgehead atoms. The van der Waals surface area contributed by atoms with Crippen LogP contribution >= 0.6 is 11.5 Å². The highest BCUT2D eigenvalue weighted by Gasteiger charge is 2.27. The van der Waals surface area contributed by atoms with E-state index >= 15 is 0 Å². The van der Waals surface area contributed by atoms with Crippen LogP contribution < -0.4 is 5.32 Å². The van der Waals surface area contributed by atoms with Crippen molar-refractivity contribution >= 4 is 16.5 Å². The summed E-state index contributed by atoms with van der Waals surface area (Å²) in [6, 6.07) is 0. The molecule has 86 valence electrons. The highest BCUT2D eigenvalue weighted by molar-refractivity contribution is 7.10. The van der Waals surface area contributed by atoms with E-state index in [1.165, 1.54) is 0 Å². The lowest BCUT2D eigenvalue weighted by Gasteiger charge is -2.06. The van der Waals surface area contributed by atoms with E-state index in [-0.39, 0.29) is 6.61 Å². The summed E-state index contributed by atoms with van der Waals surface area (Å²) in [6.07, 6.45) is -4.30. The molecule has 0 atom stereocenters. The monoisotopic (exact) mass is 241 g/mol. The lowest BCUT2D eigenvalue weighted by atomic mass is 10.5. The summed E-state index contributed by atoms with van der Waals surface area (Å²) < 4.78 is 43.4. The molecule has 0 aliphatic rings. The van der Waals surface area contributed by atoms with Crippen LogP contribution in [-0.4, -0.2) is 28.9 Å². The average Bonchev–Trinajstić information content (AvgIpc) is 2.51. The van der Waals surface area contributed by atoms with Gasteiger partial charge in [-0.1, -0.05) is 4.49 Å². The Morgan fingerprint density at radius 3 is 2.80 bits per heavy atom. The van der Waals surface area contributed by atoms with Gasteiger partial charge in [-0.25, -0.2) is 0 Å².